The number of nitrogen functional groups attached to an aromatic ring is 1. The van der Waals surface area contributed by atoms with Gasteiger partial charge in [-0.05, 0) is 18.9 Å². The quantitative estimate of drug-likeness (QED) is 0.821. The summed E-state index contributed by atoms with van der Waals surface area (Å²) in [6, 6.07) is 8.41. The van der Waals surface area contributed by atoms with Crippen molar-refractivity contribution in [3.63, 3.8) is 0 Å². The Morgan fingerprint density at radius 2 is 1.89 bits per heavy atom. The second-order valence-corrected chi connectivity index (χ2v) is 4.87. The van der Waals surface area contributed by atoms with Crippen LogP contribution in [0.15, 0.2) is 24.3 Å². The number of aromatic nitrogens is 1. The van der Waals surface area contributed by atoms with Crippen molar-refractivity contribution in [2.75, 3.05) is 5.73 Å². The molecule has 0 amide bonds. The number of hydrogen-bond acceptors (Lipinski definition) is 1. The van der Waals surface area contributed by atoms with E-state index in [1.165, 1.54) is 35.0 Å². The molecule has 0 spiro atoms. The van der Waals surface area contributed by atoms with Gasteiger partial charge in [0.1, 0.15) is 7.05 Å². The molecule has 2 nitrogen and oxygen atoms in total. The van der Waals surface area contributed by atoms with E-state index < -0.39 is 0 Å². The molecule has 2 rings (SSSR count). The minimum Gasteiger partial charge on any atom is -0.398 e. The fraction of sp³-hybridized carbons (Fsp3) is 0.438. The third-order valence-corrected chi connectivity index (χ3v) is 3.75. The topological polar surface area (TPSA) is 29.9 Å². The molecule has 96 valence electrons. The summed E-state index contributed by atoms with van der Waals surface area (Å²) in [4.78, 5) is 0. The number of hydrogen-bond donors (Lipinski definition) is 1. The molecule has 1 heterocycles. The van der Waals surface area contributed by atoms with Gasteiger partial charge in [0.25, 0.3) is 0 Å². The monoisotopic (exact) mass is 243 g/mol. The number of anilines is 1. The number of aryl methyl sites for hydroxylation is 1. The van der Waals surface area contributed by atoms with E-state index in [1.54, 1.807) is 0 Å². The highest BCUT2D eigenvalue weighted by Crippen LogP contribution is 2.26. The summed E-state index contributed by atoms with van der Waals surface area (Å²) >= 11 is 0. The number of fused-ring (bicyclic) bond motifs is 1. The minimum absolute atomic E-state index is 0.981. The summed E-state index contributed by atoms with van der Waals surface area (Å²) in [6.07, 6.45) is 4.53. The zero-order chi connectivity index (χ0) is 13.1. The lowest BCUT2D eigenvalue weighted by Crippen LogP contribution is -2.36. The number of para-hydroxylation sites is 1. The molecule has 0 aliphatic carbocycles. The molecule has 0 atom stereocenters. The molecule has 2 aromatic rings. The molecule has 18 heavy (non-hydrogen) atoms. The minimum atomic E-state index is 0.981. The van der Waals surface area contributed by atoms with Crippen molar-refractivity contribution >= 4 is 16.6 Å². The Bertz CT molecular complexity index is 559. The highest BCUT2D eigenvalue weighted by molar-refractivity contribution is 5.89. The highest BCUT2D eigenvalue weighted by Gasteiger charge is 2.20. The molecular weight excluding hydrogens is 220 g/mol. The molecule has 0 fully saturated rings. The van der Waals surface area contributed by atoms with Gasteiger partial charge in [-0.3, -0.25) is 0 Å². The van der Waals surface area contributed by atoms with Crippen LogP contribution in [0.2, 0.25) is 0 Å². The Labute approximate surface area is 109 Å². The van der Waals surface area contributed by atoms with Gasteiger partial charge in [-0.15, -0.1) is 0 Å². The standard InChI is InChI=1S/C16H22N2/c1-4-6-9-12-14(5-2)18(3)15-11-8-7-10-13(15)16(12)17/h7-8,10-11,17H,4-6,9H2,1-3H3/p+1. The first kappa shape index (κ1) is 12.9. The van der Waals surface area contributed by atoms with E-state index in [0.29, 0.717) is 0 Å². The van der Waals surface area contributed by atoms with Gasteiger partial charge in [-0.1, -0.05) is 32.4 Å². The van der Waals surface area contributed by atoms with Crippen LogP contribution in [0.3, 0.4) is 0 Å². The lowest BCUT2D eigenvalue weighted by Gasteiger charge is -2.12. The van der Waals surface area contributed by atoms with E-state index in [4.69, 9.17) is 5.73 Å². The highest BCUT2D eigenvalue weighted by atomic mass is 14.9. The summed E-state index contributed by atoms with van der Waals surface area (Å²) in [7, 11) is 2.15. The molecule has 2 N–H and O–H groups in total. The van der Waals surface area contributed by atoms with Crippen LogP contribution >= 0.6 is 0 Å². The fourth-order valence-electron chi connectivity index (χ4n) is 2.74. The number of unbranched alkanes of at least 4 members (excludes halogenated alkanes) is 1. The van der Waals surface area contributed by atoms with Gasteiger partial charge in [-0.25, -0.2) is 0 Å². The Morgan fingerprint density at radius 3 is 2.56 bits per heavy atom. The van der Waals surface area contributed by atoms with E-state index in [2.05, 4.69) is 49.7 Å². The van der Waals surface area contributed by atoms with Crippen molar-refractivity contribution in [1.29, 1.82) is 0 Å². The Balaban J connectivity index is 2.71. The molecule has 0 bridgehead atoms. The first-order valence-electron chi connectivity index (χ1n) is 6.88. The van der Waals surface area contributed by atoms with Crippen LogP contribution in [-0.4, -0.2) is 0 Å². The summed E-state index contributed by atoms with van der Waals surface area (Å²) < 4.78 is 2.30. The van der Waals surface area contributed by atoms with E-state index in [-0.39, 0.29) is 0 Å². The second kappa shape index (κ2) is 5.38. The molecule has 0 saturated carbocycles. The summed E-state index contributed by atoms with van der Waals surface area (Å²) in [6.45, 7) is 4.43. The van der Waals surface area contributed by atoms with Crippen molar-refractivity contribution in [3.8, 4) is 0 Å². The zero-order valence-electron chi connectivity index (χ0n) is 11.7. The molecule has 0 aliphatic heterocycles. The van der Waals surface area contributed by atoms with Gasteiger partial charge < -0.3 is 5.73 Å². The van der Waals surface area contributed by atoms with Crippen molar-refractivity contribution in [3.05, 3.63) is 35.5 Å². The van der Waals surface area contributed by atoms with E-state index in [0.717, 1.165) is 18.5 Å². The van der Waals surface area contributed by atoms with Crippen LogP contribution in [-0.2, 0) is 19.9 Å². The first-order valence-corrected chi connectivity index (χ1v) is 6.88. The first-order chi connectivity index (χ1) is 8.70. The predicted molar refractivity (Wildman–Crippen MR) is 77.5 cm³/mol. The van der Waals surface area contributed by atoms with Crippen LogP contribution < -0.4 is 10.3 Å². The summed E-state index contributed by atoms with van der Waals surface area (Å²) in [5, 5.41) is 1.18. The largest absolute Gasteiger partial charge is 0.398 e. The molecular formula is C16H23N2+. The van der Waals surface area contributed by atoms with E-state index >= 15 is 0 Å². The SMILES string of the molecule is CCCCc1c(N)c2ccccc2[n+](C)c1CC. The Kier molecular flexibility index (Phi) is 3.85. The number of rotatable bonds is 4. The van der Waals surface area contributed by atoms with Crippen molar-refractivity contribution in [2.45, 2.75) is 39.5 Å². The van der Waals surface area contributed by atoms with Crippen LogP contribution in [0.4, 0.5) is 5.69 Å². The molecule has 1 aromatic heterocycles. The van der Waals surface area contributed by atoms with Crippen molar-refractivity contribution in [1.82, 2.24) is 0 Å². The third-order valence-electron chi connectivity index (χ3n) is 3.75. The fourth-order valence-corrected chi connectivity index (χ4v) is 2.74. The molecule has 0 unspecified atom stereocenters. The molecule has 0 saturated heterocycles. The lowest BCUT2D eigenvalue weighted by molar-refractivity contribution is -0.653. The van der Waals surface area contributed by atoms with Gasteiger partial charge in [0.15, 0.2) is 5.69 Å². The summed E-state index contributed by atoms with van der Waals surface area (Å²) in [5.74, 6) is 0. The molecule has 1 aromatic carbocycles. The van der Waals surface area contributed by atoms with E-state index in [1.807, 2.05) is 0 Å². The third kappa shape index (κ3) is 2.07. The average molecular weight is 243 g/mol. The zero-order valence-corrected chi connectivity index (χ0v) is 11.7. The van der Waals surface area contributed by atoms with Crippen LogP contribution in [0, 0.1) is 0 Å². The number of nitrogens with two attached hydrogens (primary N) is 1. The van der Waals surface area contributed by atoms with Crippen LogP contribution in [0.5, 0.6) is 0 Å². The number of pyridine rings is 1. The molecule has 0 radical (unpaired) electrons. The Hall–Kier alpha value is -1.57. The predicted octanol–water partition coefficient (Wildman–Crippen LogP) is 3.15. The maximum atomic E-state index is 6.39. The lowest BCUT2D eigenvalue weighted by atomic mass is 9.99. The molecule has 0 aliphatic rings. The normalized spacial score (nSPS) is 11.1. The maximum Gasteiger partial charge on any atom is 0.214 e. The van der Waals surface area contributed by atoms with Crippen molar-refractivity contribution < 1.29 is 4.57 Å². The van der Waals surface area contributed by atoms with Gasteiger partial charge >= 0.3 is 0 Å². The Morgan fingerprint density at radius 1 is 1.17 bits per heavy atom. The average Bonchev–Trinajstić information content (AvgIpc) is 2.41. The van der Waals surface area contributed by atoms with Crippen LogP contribution in [0.1, 0.15) is 37.9 Å². The smallest absolute Gasteiger partial charge is 0.214 e. The van der Waals surface area contributed by atoms with Crippen LogP contribution in [0.25, 0.3) is 10.9 Å². The molecule has 2 heteroatoms. The van der Waals surface area contributed by atoms with Gasteiger partial charge in [0.2, 0.25) is 5.52 Å². The second-order valence-electron chi connectivity index (χ2n) is 4.87. The maximum absolute atomic E-state index is 6.39. The number of benzene rings is 1. The van der Waals surface area contributed by atoms with Gasteiger partial charge in [-0.2, -0.15) is 4.57 Å². The van der Waals surface area contributed by atoms with Crippen molar-refractivity contribution in [2.24, 2.45) is 7.05 Å². The van der Waals surface area contributed by atoms with Gasteiger partial charge in [0.05, 0.1) is 11.1 Å². The number of nitrogens with zero attached hydrogens (tertiary/aromatic N) is 1. The summed E-state index contributed by atoms with van der Waals surface area (Å²) in [5.41, 5.74) is 11.3. The van der Waals surface area contributed by atoms with E-state index in [9.17, 15) is 0 Å². The van der Waals surface area contributed by atoms with Gasteiger partial charge in [0, 0.05) is 18.1 Å².